The molecule has 0 aromatic heterocycles. The fourth-order valence-corrected chi connectivity index (χ4v) is 0.478. The minimum absolute atomic E-state index is 0.853. The van der Waals surface area contributed by atoms with Crippen molar-refractivity contribution in [2.24, 2.45) is 4.99 Å². The SMILES string of the molecule is C=C1C=CCC=N1. The number of aliphatic imine (C=N–C) groups is 1. The standard InChI is InChI=1S/C6H7N/c1-6-4-2-3-5-7-6/h2,4-5H,1,3H2. The summed E-state index contributed by atoms with van der Waals surface area (Å²) in [5, 5.41) is 0. The largest absolute Gasteiger partial charge is 0.262 e. The van der Waals surface area contributed by atoms with E-state index in [0.29, 0.717) is 0 Å². The summed E-state index contributed by atoms with van der Waals surface area (Å²) in [5.41, 5.74) is 0.853. The van der Waals surface area contributed by atoms with Gasteiger partial charge >= 0.3 is 0 Å². The van der Waals surface area contributed by atoms with E-state index in [1.54, 1.807) is 0 Å². The zero-order valence-electron chi connectivity index (χ0n) is 4.09. The highest BCUT2D eigenvalue weighted by atomic mass is 14.7. The molecule has 0 saturated carbocycles. The minimum Gasteiger partial charge on any atom is -0.262 e. The Bertz CT molecular complexity index is 117. The van der Waals surface area contributed by atoms with E-state index in [2.05, 4.69) is 11.6 Å². The van der Waals surface area contributed by atoms with Gasteiger partial charge in [-0.05, 0) is 6.08 Å². The van der Waals surface area contributed by atoms with Crippen LogP contribution in [0, 0.1) is 0 Å². The first-order chi connectivity index (χ1) is 3.39. The van der Waals surface area contributed by atoms with Gasteiger partial charge < -0.3 is 0 Å². The highest BCUT2D eigenvalue weighted by molar-refractivity contribution is 5.63. The second-order valence-electron chi connectivity index (χ2n) is 1.44. The molecular formula is C6H7N. The first kappa shape index (κ1) is 4.31. The van der Waals surface area contributed by atoms with Crippen molar-refractivity contribution in [2.75, 3.05) is 0 Å². The Kier molecular flexibility index (Phi) is 1.07. The highest BCUT2D eigenvalue weighted by Gasteiger charge is 1.83. The number of nitrogens with zero attached hydrogens (tertiary/aromatic N) is 1. The molecule has 1 rings (SSSR count). The van der Waals surface area contributed by atoms with Crippen molar-refractivity contribution in [1.29, 1.82) is 0 Å². The van der Waals surface area contributed by atoms with Gasteiger partial charge in [0.2, 0.25) is 0 Å². The van der Waals surface area contributed by atoms with Gasteiger partial charge in [0.05, 0.1) is 5.70 Å². The number of hydrogen-bond donors (Lipinski definition) is 0. The molecular weight excluding hydrogens is 86.1 g/mol. The van der Waals surface area contributed by atoms with E-state index in [4.69, 9.17) is 0 Å². The smallest absolute Gasteiger partial charge is 0.0551 e. The van der Waals surface area contributed by atoms with Crippen LogP contribution in [0.2, 0.25) is 0 Å². The Hall–Kier alpha value is -0.850. The van der Waals surface area contributed by atoms with E-state index >= 15 is 0 Å². The van der Waals surface area contributed by atoms with Gasteiger partial charge in [0.15, 0.2) is 0 Å². The van der Waals surface area contributed by atoms with E-state index in [-0.39, 0.29) is 0 Å². The second kappa shape index (κ2) is 1.73. The second-order valence-corrected chi connectivity index (χ2v) is 1.44. The normalized spacial score (nSPS) is 18.0. The van der Waals surface area contributed by atoms with E-state index in [0.717, 1.165) is 12.1 Å². The summed E-state index contributed by atoms with van der Waals surface area (Å²) in [7, 11) is 0. The average molecular weight is 93.1 g/mol. The average Bonchev–Trinajstić information content (AvgIpc) is 1.69. The third-order valence-electron chi connectivity index (χ3n) is 0.809. The molecule has 0 radical (unpaired) electrons. The maximum atomic E-state index is 3.92. The number of rotatable bonds is 0. The zero-order chi connectivity index (χ0) is 5.11. The van der Waals surface area contributed by atoms with Gasteiger partial charge in [0, 0.05) is 12.6 Å². The molecule has 0 N–H and O–H groups in total. The van der Waals surface area contributed by atoms with Gasteiger partial charge in [0.1, 0.15) is 0 Å². The maximum Gasteiger partial charge on any atom is 0.0551 e. The minimum atomic E-state index is 0.853. The third-order valence-corrected chi connectivity index (χ3v) is 0.809. The molecule has 0 bridgehead atoms. The lowest BCUT2D eigenvalue weighted by Crippen LogP contribution is -1.78. The maximum absolute atomic E-state index is 3.92. The molecule has 0 atom stereocenters. The van der Waals surface area contributed by atoms with Crippen molar-refractivity contribution in [3.63, 3.8) is 0 Å². The molecule has 1 aliphatic rings. The summed E-state index contributed by atoms with van der Waals surface area (Å²) < 4.78 is 0. The van der Waals surface area contributed by atoms with Crippen LogP contribution in [0.3, 0.4) is 0 Å². The first-order valence-corrected chi connectivity index (χ1v) is 2.27. The lowest BCUT2D eigenvalue weighted by molar-refractivity contribution is 1.34. The monoisotopic (exact) mass is 93.1 g/mol. The predicted octanol–water partition coefficient (Wildman–Crippen LogP) is 1.53. The summed E-state index contributed by atoms with van der Waals surface area (Å²) in [4.78, 5) is 3.92. The lowest BCUT2D eigenvalue weighted by Gasteiger charge is -1.92. The molecule has 0 aliphatic carbocycles. The van der Waals surface area contributed by atoms with Crippen LogP contribution in [0.25, 0.3) is 0 Å². The van der Waals surface area contributed by atoms with Crippen LogP contribution < -0.4 is 0 Å². The first-order valence-electron chi connectivity index (χ1n) is 2.27. The van der Waals surface area contributed by atoms with Crippen LogP contribution in [0.4, 0.5) is 0 Å². The van der Waals surface area contributed by atoms with Gasteiger partial charge in [0.25, 0.3) is 0 Å². The molecule has 1 heteroatoms. The lowest BCUT2D eigenvalue weighted by atomic mass is 10.3. The quantitative estimate of drug-likeness (QED) is 0.430. The number of dihydropyridines is 1. The van der Waals surface area contributed by atoms with E-state index in [1.807, 2.05) is 18.4 Å². The van der Waals surface area contributed by atoms with Crippen molar-refractivity contribution >= 4 is 6.21 Å². The fraction of sp³-hybridized carbons (Fsp3) is 0.167. The van der Waals surface area contributed by atoms with Crippen molar-refractivity contribution in [2.45, 2.75) is 6.42 Å². The number of hydrogen-bond acceptors (Lipinski definition) is 1. The molecule has 1 nitrogen and oxygen atoms in total. The molecule has 0 aromatic carbocycles. The Balaban J connectivity index is 2.66. The van der Waals surface area contributed by atoms with Crippen molar-refractivity contribution in [3.05, 3.63) is 24.4 Å². The highest BCUT2D eigenvalue weighted by Crippen LogP contribution is 1.99. The van der Waals surface area contributed by atoms with Crippen molar-refractivity contribution < 1.29 is 0 Å². The Morgan fingerprint density at radius 1 is 1.71 bits per heavy atom. The summed E-state index contributed by atoms with van der Waals surface area (Å²) in [6.07, 6.45) is 6.76. The summed E-state index contributed by atoms with van der Waals surface area (Å²) in [6.45, 7) is 3.63. The van der Waals surface area contributed by atoms with E-state index < -0.39 is 0 Å². The molecule has 0 spiro atoms. The zero-order valence-corrected chi connectivity index (χ0v) is 4.09. The van der Waals surface area contributed by atoms with Gasteiger partial charge in [-0.25, -0.2) is 0 Å². The predicted molar refractivity (Wildman–Crippen MR) is 31.4 cm³/mol. The van der Waals surface area contributed by atoms with Crippen LogP contribution in [0.15, 0.2) is 29.4 Å². The van der Waals surface area contributed by atoms with Gasteiger partial charge in [-0.2, -0.15) is 0 Å². The van der Waals surface area contributed by atoms with E-state index in [1.165, 1.54) is 0 Å². The molecule has 0 aromatic rings. The Labute approximate surface area is 43.1 Å². The van der Waals surface area contributed by atoms with Crippen LogP contribution in [0.5, 0.6) is 0 Å². The number of allylic oxidation sites excluding steroid dienone is 2. The Morgan fingerprint density at radius 3 is 2.86 bits per heavy atom. The van der Waals surface area contributed by atoms with Gasteiger partial charge in [-0.1, -0.05) is 12.7 Å². The van der Waals surface area contributed by atoms with Crippen LogP contribution in [-0.2, 0) is 0 Å². The van der Waals surface area contributed by atoms with E-state index in [9.17, 15) is 0 Å². The summed E-state index contributed by atoms with van der Waals surface area (Å²) >= 11 is 0. The molecule has 0 amide bonds. The topological polar surface area (TPSA) is 12.4 Å². The summed E-state index contributed by atoms with van der Waals surface area (Å²) in [6, 6.07) is 0. The molecule has 0 fully saturated rings. The Morgan fingerprint density at radius 2 is 2.57 bits per heavy atom. The third kappa shape index (κ3) is 1.000. The molecule has 0 unspecified atom stereocenters. The van der Waals surface area contributed by atoms with Gasteiger partial charge in [-0.15, -0.1) is 0 Å². The van der Waals surface area contributed by atoms with Crippen molar-refractivity contribution in [1.82, 2.24) is 0 Å². The van der Waals surface area contributed by atoms with Crippen LogP contribution in [-0.4, -0.2) is 6.21 Å². The van der Waals surface area contributed by atoms with Crippen LogP contribution in [0.1, 0.15) is 6.42 Å². The van der Waals surface area contributed by atoms with Gasteiger partial charge in [-0.3, -0.25) is 4.99 Å². The van der Waals surface area contributed by atoms with Crippen molar-refractivity contribution in [3.8, 4) is 0 Å². The fourth-order valence-electron chi connectivity index (χ4n) is 0.478. The molecule has 1 heterocycles. The molecule has 0 saturated heterocycles. The molecule has 7 heavy (non-hydrogen) atoms. The van der Waals surface area contributed by atoms with Crippen LogP contribution >= 0.6 is 0 Å². The molecule has 36 valence electrons. The molecule has 1 aliphatic heterocycles. The summed E-state index contributed by atoms with van der Waals surface area (Å²) in [5.74, 6) is 0.